The summed E-state index contributed by atoms with van der Waals surface area (Å²) in [6.07, 6.45) is 4.83. The summed E-state index contributed by atoms with van der Waals surface area (Å²) < 4.78 is 0. The first-order valence-electron chi connectivity index (χ1n) is 11.3. The second-order valence-corrected chi connectivity index (χ2v) is 9.59. The van der Waals surface area contributed by atoms with Crippen LogP contribution >= 0.6 is 0 Å². The molecule has 2 aromatic carbocycles. The van der Waals surface area contributed by atoms with E-state index in [1.165, 1.54) is 0 Å². The van der Waals surface area contributed by atoms with Crippen molar-refractivity contribution in [1.29, 1.82) is 0 Å². The molecule has 0 spiro atoms. The number of aliphatic hydroxyl groups is 1. The molecule has 5 rings (SSSR count). The van der Waals surface area contributed by atoms with Gasteiger partial charge in [-0.1, -0.05) is 80.6 Å². The minimum atomic E-state index is -1.15. The summed E-state index contributed by atoms with van der Waals surface area (Å²) in [5.41, 5.74) is 2.33. The Balaban J connectivity index is 1.72. The molecule has 2 saturated carbocycles. The lowest BCUT2D eigenvalue weighted by molar-refractivity contribution is -0.0632. The molecule has 3 heteroatoms. The van der Waals surface area contributed by atoms with Crippen LogP contribution in [0.25, 0.3) is 0 Å². The number of pyridine rings is 1. The zero-order chi connectivity index (χ0) is 21.5. The summed E-state index contributed by atoms with van der Waals surface area (Å²) in [4.78, 5) is 9.62. The first-order valence-corrected chi connectivity index (χ1v) is 11.3. The molecule has 31 heavy (non-hydrogen) atoms. The van der Waals surface area contributed by atoms with Crippen molar-refractivity contribution in [2.24, 2.45) is 21.7 Å². The van der Waals surface area contributed by atoms with Gasteiger partial charge in [0.05, 0.1) is 17.7 Å². The van der Waals surface area contributed by atoms with E-state index in [0.717, 1.165) is 41.8 Å². The molecule has 3 nitrogen and oxygen atoms in total. The van der Waals surface area contributed by atoms with Crippen LogP contribution in [0.5, 0.6) is 0 Å². The van der Waals surface area contributed by atoms with E-state index >= 15 is 0 Å². The molecule has 1 N–H and O–H groups in total. The molecule has 2 atom stereocenters. The smallest absolute Gasteiger partial charge is 0.126 e. The van der Waals surface area contributed by atoms with Gasteiger partial charge in [0.25, 0.3) is 0 Å². The minimum Gasteiger partial charge on any atom is -0.379 e. The third kappa shape index (κ3) is 2.83. The Hall–Kier alpha value is -2.78. The number of nitrogens with zero attached hydrogens (tertiary/aromatic N) is 2. The van der Waals surface area contributed by atoms with Gasteiger partial charge >= 0.3 is 0 Å². The van der Waals surface area contributed by atoms with Crippen LogP contribution in [-0.4, -0.2) is 15.8 Å². The first-order chi connectivity index (χ1) is 15.0. The second-order valence-electron chi connectivity index (χ2n) is 9.59. The normalized spacial score (nSPS) is 25.8. The van der Waals surface area contributed by atoms with Gasteiger partial charge in [0, 0.05) is 11.9 Å². The van der Waals surface area contributed by atoms with Crippen LogP contribution in [0, 0.1) is 16.7 Å². The number of aliphatic imine (C=N–C) groups is 1. The molecular formula is C28H30N2O. The van der Waals surface area contributed by atoms with Gasteiger partial charge < -0.3 is 5.11 Å². The molecule has 0 aliphatic heterocycles. The van der Waals surface area contributed by atoms with Gasteiger partial charge in [-0.25, -0.2) is 0 Å². The molecule has 2 aliphatic rings. The lowest BCUT2D eigenvalue weighted by Crippen LogP contribution is -2.55. The maximum absolute atomic E-state index is 12.8. The topological polar surface area (TPSA) is 45.5 Å². The summed E-state index contributed by atoms with van der Waals surface area (Å²) in [5.74, 6) is 0.522. The third-order valence-electron chi connectivity index (χ3n) is 8.08. The van der Waals surface area contributed by atoms with Gasteiger partial charge in [0.2, 0.25) is 0 Å². The number of rotatable bonds is 5. The molecule has 1 aromatic heterocycles. The maximum atomic E-state index is 12.8. The molecule has 2 aliphatic carbocycles. The molecule has 0 saturated heterocycles. The number of fused-ring (bicyclic) bond motifs is 2. The van der Waals surface area contributed by atoms with Crippen LogP contribution in [0.4, 0.5) is 0 Å². The number of hydrogen-bond donors (Lipinski definition) is 1. The zero-order valence-electron chi connectivity index (χ0n) is 18.3. The Labute approximate surface area is 184 Å². The van der Waals surface area contributed by atoms with Gasteiger partial charge in [-0.05, 0) is 53.9 Å². The van der Waals surface area contributed by atoms with Crippen molar-refractivity contribution < 1.29 is 5.11 Å². The van der Waals surface area contributed by atoms with E-state index in [4.69, 9.17) is 4.99 Å². The largest absolute Gasteiger partial charge is 0.379 e. The Morgan fingerprint density at radius 2 is 1.55 bits per heavy atom. The summed E-state index contributed by atoms with van der Waals surface area (Å²) in [7, 11) is 0. The highest BCUT2D eigenvalue weighted by molar-refractivity contribution is 5.96. The van der Waals surface area contributed by atoms with Crippen LogP contribution in [0.1, 0.15) is 49.9 Å². The minimum absolute atomic E-state index is 0.0730. The highest BCUT2D eigenvalue weighted by Gasteiger charge is 2.71. The SMILES string of the molecule is CC1(C)C2CCC1(C(O)(c1ccccc1)c1ccccc1)C(=NCc1ccccn1)C2. The Kier molecular flexibility index (Phi) is 4.82. The number of hydrogen-bond acceptors (Lipinski definition) is 3. The van der Waals surface area contributed by atoms with E-state index in [0.29, 0.717) is 12.5 Å². The van der Waals surface area contributed by atoms with E-state index in [9.17, 15) is 5.11 Å². The average Bonchev–Trinajstić information content (AvgIpc) is 3.21. The van der Waals surface area contributed by atoms with E-state index in [1.54, 1.807) is 0 Å². The lowest BCUT2D eigenvalue weighted by atomic mass is 9.55. The van der Waals surface area contributed by atoms with Gasteiger partial charge in [-0.15, -0.1) is 0 Å². The Morgan fingerprint density at radius 1 is 0.935 bits per heavy atom. The first kappa shape index (κ1) is 20.1. The molecule has 2 bridgehead atoms. The van der Waals surface area contributed by atoms with E-state index < -0.39 is 11.0 Å². The van der Waals surface area contributed by atoms with Crippen molar-refractivity contribution in [2.75, 3.05) is 0 Å². The van der Waals surface area contributed by atoms with Crippen LogP contribution in [0.3, 0.4) is 0 Å². The summed E-state index contributed by atoms with van der Waals surface area (Å²) in [5, 5.41) is 12.8. The van der Waals surface area contributed by atoms with E-state index in [-0.39, 0.29) is 5.41 Å². The van der Waals surface area contributed by atoms with Crippen molar-refractivity contribution in [3.05, 3.63) is 102 Å². The van der Waals surface area contributed by atoms with Crippen molar-refractivity contribution in [3.63, 3.8) is 0 Å². The molecule has 0 amide bonds. The Bertz CT molecular complexity index is 1040. The summed E-state index contributed by atoms with van der Waals surface area (Å²) in [6.45, 7) is 5.23. The molecule has 1 heterocycles. The Morgan fingerprint density at radius 3 is 2.10 bits per heavy atom. The number of aromatic nitrogens is 1. The fraction of sp³-hybridized carbons (Fsp3) is 0.357. The molecule has 0 radical (unpaired) electrons. The van der Waals surface area contributed by atoms with Gasteiger partial charge in [-0.2, -0.15) is 0 Å². The summed E-state index contributed by atoms with van der Waals surface area (Å²) >= 11 is 0. The van der Waals surface area contributed by atoms with Crippen LogP contribution in [0.15, 0.2) is 90.1 Å². The summed E-state index contributed by atoms with van der Waals surface area (Å²) in [6, 6.07) is 26.4. The average molecular weight is 411 g/mol. The zero-order valence-corrected chi connectivity index (χ0v) is 18.3. The second kappa shape index (κ2) is 7.42. The van der Waals surface area contributed by atoms with Gasteiger partial charge in [0.1, 0.15) is 5.60 Å². The van der Waals surface area contributed by atoms with Crippen molar-refractivity contribution >= 4 is 5.71 Å². The standard InChI is InChI=1S/C28H30N2O/c1-26(2)23-16-17-27(26,25(19-23)30-20-24-15-9-10-18-29-24)28(31,21-11-5-3-6-12-21)22-13-7-4-8-14-22/h3-15,18,23,31H,16-17,19-20H2,1-2H3. The van der Waals surface area contributed by atoms with Gasteiger partial charge in [-0.3, -0.25) is 9.98 Å². The van der Waals surface area contributed by atoms with Gasteiger partial charge in [0.15, 0.2) is 0 Å². The van der Waals surface area contributed by atoms with Crippen molar-refractivity contribution in [1.82, 2.24) is 4.98 Å². The lowest BCUT2D eigenvalue weighted by Gasteiger charge is -2.51. The predicted octanol–water partition coefficient (Wildman–Crippen LogP) is 5.79. The third-order valence-corrected chi connectivity index (χ3v) is 8.08. The molecule has 3 aromatic rings. The maximum Gasteiger partial charge on any atom is 0.126 e. The highest BCUT2D eigenvalue weighted by atomic mass is 16.3. The molecule has 2 unspecified atom stereocenters. The van der Waals surface area contributed by atoms with Crippen LogP contribution < -0.4 is 0 Å². The highest BCUT2D eigenvalue weighted by Crippen LogP contribution is 2.71. The predicted molar refractivity (Wildman–Crippen MR) is 125 cm³/mol. The number of benzene rings is 2. The fourth-order valence-electron chi connectivity index (χ4n) is 6.44. The van der Waals surface area contributed by atoms with Crippen LogP contribution in [0.2, 0.25) is 0 Å². The van der Waals surface area contributed by atoms with E-state index in [1.807, 2.05) is 60.8 Å². The monoisotopic (exact) mass is 410 g/mol. The molecule has 2 fully saturated rings. The van der Waals surface area contributed by atoms with E-state index in [2.05, 4.69) is 43.1 Å². The van der Waals surface area contributed by atoms with Crippen LogP contribution in [-0.2, 0) is 12.1 Å². The fourth-order valence-corrected chi connectivity index (χ4v) is 6.44. The van der Waals surface area contributed by atoms with Crippen molar-refractivity contribution in [3.8, 4) is 0 Å². The quantitative estimate of drug-likeness (QED) is 0.579. The molecule has 158 valence electrons. The molecular weight excluding hydrogens is 380 g/mol. The van der Waals surface area contributed by atoms with Crippen molar-refractivity contribution in [2.45, 2.75) is 45.3 Å².